The summed E-state index contributed by atoms with van der Waals surface area (Å²) in [5.41, 5.74) is 0.0804. The van der Waals surface area contributed by atoms with Crippen LogP contribution in [0.2, 0.25) is 0 Å². The van der Waals surface area contributed by atoms with Gasteiger partial charge in [0.05, 0.1) is 5.39 Å². The molecule has 0 aliphatic carbocycles. The van der Waals surface area contributed by atoms with E-state index in [-0.39, 0.29) is 11.6 Å². The van der Waals surface area contributed by atoms with Crippen LogP contribution in [0.15, 0.2) is 10.9 Å². The molecule has 0 aliphatic rings. The zero-order valence-electron chi connectivity index (χ0n) is 9.37. The average molecular weight is 222 g/mol. The zero-order chi connectivity index (χ0) is 11.2. The molecule has 0 unspecified atom stereocenters. The summed E-state index contributed by atoms with van der Waals surface area (Å²) in [6.07, 6.45) is 0. The molecule has 0 amide bonds. The van der Waals surface area contributed by atoms with Crippen molar-refractivity contribution in [2.24, 2.45) is 0 Å². The summed E-state index contributed by atoms with van der Waals surface area (Å²) < 4.78 is 1.74. The smallest absolute Gasteiger partial charge is 0.262 e. The summed E-state index contributed by atoms with van der Waals surface area (Å²) >= 11 is 1.58. The highest BCUT2D eigenvalue weighted by Crippen LogP contribution is 2.21. The maximum absolute atomic E-state index is 12.1. The van der Waals surface area contributed by atoms with Crippen LogP contribution in [0.4, 0.5) is 0 Å². The van der Waals surface area contributed by atoms with Crippen molar-refractivity contribution < 1.29 is 0 Å². The summed E-state index contributed by atoms with van der Waals surface area (Å²) in [5, 5.41) is 0.747. The second kappa shape index (κ2) is 3.45. The van der Waals surface area contributed by atoms with E-state index in [4.69, 9.17) is 0 Å². The van der Waals surface area contributed by atoms with Crippen LogP contribution in [0, 0.1) is 13.8 Å². The summed E-state index contributed by atoms with van der Waals surface area (Å²) in [6, 6.07) is 2.09. The average Bonchev–Trinajstić information content (AvgIpc) is 2.45. The van der Waals surface area contributed by atoms with Crippen molar-refractivity contribution in [2.45, 2.75) is 33.7 Å². The van der Waals surface area contributed by atoms with Gasteiger partial charge in [0.2, 0.25) is 0 Å². The third-order valence-corrected chi connectivity index (χ3v) is 3.36. The van der Waals surface area contributed by atoms with Gasteiger partial charge < -0.3 is 0 Å². The molecule has 0 aromatic carbocycles. The number of hydrogen-bond donors (Lipinski definition) is 0. The lowest BCUT2D eigenvalue weighted by Gasteiger charge is -2.12. The minimum absolute atomic E-state index is 0.0804. The van der Waals surface area contributed by atoms with Gasteiger partial charge in [0.25, 0.3) is 5.56 Å². The maximum Gasteiger partial charge on any atom is 0.262 e. The molecule has 0 aliphatic heterocycles. The molecule has 2 rings (SSSR count). The van der Waals surface area contributed by atoms with Crippen molar-refractivity contribution in [3.8, 4) is 0 Å². The first-order valence-electron chi connectivity index (χ1n) is 5.00. The largest absolute Gasteiger partial charge is 0.294 e. The predicted octanol–water partition coefficient (Wildman–Crippen LogP) is 2.66. The maximum atomic E-state index is 12.1. The van der Waals surface area contributed by atoms with Gasteiger partial charge in [0.15, 0.2) is 0 Å². The van der Waals surface area contributed by atoms with Gasteiger partial charge in [-0.2, -0.15) is 0 Å². The van der Waals surface area contributed by atoms with Crippen molar-refractivity contribution in [1.29, 1.82) is 0 Å². The van der Waals surface area contributed by atoms with Gasteiger partial charge in [-0.15, -0.1) is 11.3 Å². The highest BCUT2D eigenvalue weighted by Gasteiger charge is 2.12. The van der Waals surface area contributed by atoms with Crippen molar-refractivity contribution >= 4 is 21.6 Å². The van der Waals surface area contributed by atoms with E-state index < -0.39 is 0 Å². The van der Waals surface area contributed by atoms with E-state index in [2.05, 4.69) is 4.98 Å². The standard InChI is InChI=1S/C11H14N2OS/c1-6(2)13-8(4)12-10-9(11(13)14)5-7(3)15-10/h5-6H,1-4H3. The first-order valence-corrected chi connectivity index (χ1v) is 5.81. The van der Waals surface area contributed by atoms with Gasteiger partial charge in [-0.05, 0) is 33.8 Å². The summed E-state index contributed by atoms with van der Waals surface area (Å²) in [6.45, 7) is 7.89. The van der Waals surface area contributed by atoms with Crippen LogP contribution in [0.1, 0.15) is 30.6 Å². The van der Waals surface area contributed by atoms with Crippen LogP contribution in [-0.4, -0.2) is 9.55 Å². The third kappa shape index (κ3) is 1.59. The minimum Gasteiger partial charge on any atom is -0.294 e. The highest BCUT2D eigenvalue weighted by atomic mass is 32.1. The molecule has 0 bridgehead atoms. The van der Waals surface area contributed by atoms with E-state index in [1.807, 2.05) is 33.8 Å². The molecule has 0 spiro atoms. The van der Waals surface area contributed by atoms with E-state index in [1.54, 1.807) is 15.9 Å². The number of nitrogens with zero attached hydrogens (tertiary/aromatic N) is 2. The van der Waals surface area contributed by atoms with E-state index in [1.165, 1.54) is 0 Å². The Morgan fingerprint density at radius 3 is 2.67 bits per heavy atom. The molecule has 0 saturated carbocycles. The summed E-state index contributed by atoms with van der Waals surface area (Å²) in [4.78, 5) is 18.6. The number of hydrogen-bond acceptors (Lipinski definition) is 3. The van der Waals surface area contributed by atoms with Crippen LogP contribution in [0.5, 0.6) is 0 Å². The fourth-order valence-corrected chi connectivity index (χ4v) is 2.74. The third-order valence-electron chi connectivity index (χ3n) is 2.41. The molecule has 4 heteroatoms. The number of aryl methyl sites for hydroxylation is 2. The molecule has 0 radical (unpaired) electrons. The van der Waals surface area contributed by atoms with Crippen LogP contribution in [0.25, 0.3) is 10.2 Å². The molecule has 2 heterocycles. The Morgan fingerprint density at radius 1 is 1.40 bits per heavy atom. The Balaban J connectivity index is 2.89. The Bertz CT molecular complexity index is 566. The number of fused-ring (bicyclic) bond motifs is 1. The lowest BCUT2D eigenvalue weighted by atomic mass is 10.3. The number of thiophene rings is 1. The van der Waals surface area contributed by atoms with Gasteiger partial charge in [-0.1, -0.05) is 0 Å². The Hall–Kier alpha value is -1.16. The van der Waals surface area contributed by atoms with Gasteiger partial charge in [0.1, 0.15) is 10.7 Å². The zero-order valence-corrected chi connectivity index (χ0v) is 10.2. The van der Waals surface area contributed by atoms with Crippen LogP contribution >= 0.6 is 11.3 Å². The molecular weight excluding hydrogens is 208 g/mol. The molecule has 0 fully saturated rings. The topological polar surface area (TPSA) is 34.9 Å². The Kier molecular flexibility index (Phi) is 2.38. The van der Waals surface area contributed by atoms with Crippen molar-refractivity contribution in [3.63, 3.8) is 0 Å². The SMILES string of the molecule is Cc1cc2c(=O)n(C(C)C)c(C)nc2s1. The molecular formula is C11H14N2OS. The van der Waals surface area contributed by atoms with E-state index in [0.717, 1.165) is 20.9 Å². The molecule has 3 nitrogen and oxygen atoms in total. The first-order chi connectivity index (χ1) is 7.00. The summed E-state index contributed by atoms with van der Waals surface area (Å²) in [5.74, 6) is 0.796. The molecule has 80 valence electrons. The molecule has 0 saturated heterocycles. The summed E-state index contributed by atoms with van der Waals surface area (Å²) in [7, 11) is 0. The molecule has 2 aromatic rings. The normalized spacial score (nSPS) is 11.5. The van der Waals surface area contributed by atoms with Crippen molar-refractivity contribution in [1.82, 2.24) is 9.55 Å². The monoisotopic (exact) mass is 222 g/mol. The predicted molar refractivity (Wildman–Crippen MR) is 63.7 cm³/mol. The second-order valence-corrected chi connectivity index (χ2v) is 5.24. The van der Waals surface area contributed by atoms with Crippen LogP contribution in [0.3, 0.4) is 0 Å². The Labute approximate surface area is 92.4 Å². The lowest BCUT2D eigenvalue weighted by Crippen LogP contribution is -2.24. The second-order valence-electron chi connectivity index (χ2n) is 4.00. The first kappa shape index (κ1) is 10.4. The van der Waals surface area contributed by atoms with Gasteiger partial charge >= 0.3 is 0 Å². The quantitative estimate of drug-likeness (QED) is 0.743. The molecule has 15 heavy (non-hydrogen) atoms. The lowest BCUT2D eigenvalue weighted by molar-refractivity contribution is 0.555. The van der Waals surface area contributed by atoms with Gasteiger partial charge in [0, 0.05) is 10.9 Å². The number of rotatable bonds is 1. The van der Waals surface area contributed by atoms with E-state index in [9.17, 15) is 4.79 Å². The number of aromatic nitrogens is 2. The van der Waals surface area contributed by atoms with Crippen molar-refractivity contribution in [2.75, 3.05) is 0 Å². The molecule has 2 aromatic heterocycles. The molecule has 0 atom stereocenters. The van der Waals surface area contributed by atoms with Crippen molar-refractivity contribution in [3.05, 3.63) is 27.1 Å². The molecule has 0 N–H and O–H groups in total. The van der Waals surface area contributed by atoms with Crippen LogP contribution in [-0.2, 0) is 0 Å². The fraction of sp³-hybridized carbons (Fsp3) is 0.455. The van der Waals surface area contributed by atoms with Gasteiger partial charge in [-0.25, -0.2) is 4.98 Å². The van der Waals surface area contributed by atoms with Gasteiger partial charge in [-0.3, -0.25) is 9.36 Å². The minimum atomic E-state index is 0.0804. The van der Waals surface area contributed by atoms with Crippen LogP contribution < -0.4 is 5.56 Å². The Morgan fingerprint density at radius 2 is 2.07 bits per heavy atom. The van der Waals surface area contributed by atoms with E-state index >= 15 is 0 Å². The fourth-order valence-electron chi connectivity index (χ4n) is 1.82. The highest BCUT2D eigenvalue weighted by molar-refractivity contribution is 7.18. The van der Waals surface area contributed by atoms with E-state index in [0.29, 0.717) is 0 Å².